The SMILES string of the molecule is Cn1ccc2c3c(ccc21)[B]c1ccccc1N(c1cccc(C2=CC=C(C(C)(C)C)CC2)c1)c1c(oc2ccc(C(C)(C)C)cc12)N3c1ccccc1. The van der Waals surface area contributed by atoms with Crippen molar-refractivity contribution in [2.75, 3.05) is 9.80 Å². The Bertz CT molecular complexity index is 2630. The lowest BCUT2D eigenvalue weighted by Gasteiger charge is -2.31. The summed E-state index contributed by atoms with van der Waals surface area (Å²) in [5.41, 5.74) is 15.1. The van der Waals surface area contributed by atoms with Crippen molar-refractivity contribution in [3.8, 4) is 0 Å². The van der Waals surface area contributed by atoms with Gasteiger partial charge in [-0.2, -0.15) is 0 Å². The molecule has 3 heterocycles. The van der Waals surface area contributed by atoms with Crippen LogP contribution in [-0.2, 0) is 12.5 Å². The number of rotatable bonds is 3. The van der Waals surface area contributed by atoms with Crippen molar-refractivity contribution in [3.63, 3.8) is 0 Å². The van der Waals surface area contributed by atoms with E-state index in [1.165, 1.54) is 22.3 Å². The molecule has 0 saturated heterocycles. The van der Waals surface area contributed by atoms with E-state index in [0.717, 1.165) is 80.0 Å². The minimum absolute atomic E-state index is 0.0535. The molecule has 267 valence electrons. The Morgan fingerprint density at radius 2 is 1.39 bits per heavy atom. The second-order valence-electron chi connectivity index (χ2n) is 17.0. The maximum atomic E-state index is 7.23. The van der Waals surface area contributed by atoms with E-state index >= 15 is 0 Å². The van der Waals surface area contributed by atoms with E-state index < -0.39 is 0 Å². The average molecular weight is 705 g/mol. The van der Waals surface area contributed by atoms with Crippen LogP contribution in [0, 0.1) is 5.41 Å². The van der Waals surface area contributed by atoms with E-state index in [2.05, 4.69) is 204 Å². The number of hydrogen-bond acceptors (Lipinski definition) is 3. The van der Waals surface area contributed by atoms with Crippen molar-refractivity contribution < 1.29 is 4.42 Å². The fourth-order valence-corrected chi connectivity index (χ4v) is 8.27. The first-order valence-corrected chi connectivity index (χ1v) is 19.2. The molecule has 0 atom stereocenters. The number of furan rings is 1. The highest BCUT2D eigenvalue weighted by atomic mass is 16.4. The summed E-state index contributed by atoms with van der Waals surface area (Å²) in [7, 11) is 4.47. The maximum Gasteiger partial charge on any atom is 0.230 e. The Labute approximate surface area is 320 Å². The standard InChI is InChI=1S/C49H47BN3O/c1-48(2,3)34-22-20-32(21-23-34)33-14-13-17-37(30-33)52-43-19-12-11-18-40(43)50-41-25-26-42-38(28-29-51(42)7)45(41)53(36-15-9-8-10-16-36)47-46(52)39-31-35(49(4,5)6)24-27-44(39)54-47/h8-20,22,24-31H,21,23H2,1-7H3. The fraction of sp³-hybridized carbons (Fsp3) is 0.224. The van der Waals surface area contributed by atoms with Crippen LogP contribution in [0.1, 0.15) is 65.5 Å². The van der Waals surface area contributed by atoms with Crippen molar-refractivity contribution in [2.45, 2.75) is 59.8 Å². The van der Waals surface area contributed by atoms with Crippen LogP contribution >= 0.6 is 0 Å². The molecule has 0 fully saturated rings. The molecule has 0 unspecified atom stereocenters. The van der Waals surface area contributed by atoms with Gasteiger partial charge in [-0.3, -0.25) is 4.90 Å². The van der Waals surface area contributed by atoms with Gasteiger partial charge in [0.2, 0.25) is 5.88 Å². The van der Waals surface area contributed by atoms with Gasteiger partial charge >= 0.3 is 0 Å². The molecule has 1 aliphatic carbocycles. The second kappa shape index (κ2) is 12.7. The van der Waals surface area contributed by atoms with E-state index in [9.17, 15) is 0 Å². The van der Waals surface area contributed by atoms with Gasteiger partial charge in [-0.1, -0.05) is 131 Å². The van der Waals surface area contributed by atoms with E-state index in [4.69, 9.17) is 4.42 Å². The quantitative estimate of drug-likeness (QED) is 0.171. The van der Waals surface area contributed by atoms with E-state index in [0.29, 0.717) is 0 Å². The average Bonchev–Trinajstić information content (AvgIpc) is 3.73. The molecule has 0 saturated carbocycles. The van der Waals surface area contributed by atoms with Gasteiger partial charge in [0.15, 0.2) is 7.28 Å². The van der Waals surface area contributed by atoms with Crippen LogP contribution in [0.2, 0.25) is 0 Å². The van der Waals surface area contributed by atoms with E-state index in [1.807, 2.05) is 0 Å². The molecule has 5 heteroatoms. The van der Waals surface area contributed by atoms with Gasteiger partial charge in [0.1, 0.15) is 11.3 Å². The third-order valence-corrected chi connectivity index (χ3v) is 11.3. The summed E-state index contributed by atoms with van der Waals surface area (Å²) >= 11 is 0. The first-order valence-electron chi connectivity index (χ1n) is 19.2. The van der Waals surface area contributed by atoms with Gasteiger partial charge in [0, 0.05) is 46.6 Å². The summed E-state index contributed by atoms with van der Waals surface area (Å²) in [6.07, 6.45) is 8.95. The number of para-hydroxylation sites is 2. The molecule has 2 aliphatic rings. The molecular weight excluding hydrogens is 657 g/mol. The van der Waals surface area contributed by atoms with Gasteiger partial charge in [-0.05, 0) is 95.0 Å². The van der Waals surface area contributed by atoms with Gasteiger partial charge < -0.3 is 13.9 Å². The Kier molecular flexibility index (Phi) is 8.04. The van der Waals surface area contributed by atoms with Crippen molar-refractivity contribution in [3.05, 3.63) is 150 Å². The van der Waals surface area contributed by atoms with Crippen molar-refractivity contribution >= 4 is 80.0 Å². The molecule has 0 N–H and O–H groups in total. The number of allylic oxidation sites excluding steroid dienone is 4. The van der Waals surface area contributed by atoms with Gasteiger partial charge in [-0.25, -0.2) is 0 Å². The second-order valence-corrected chi connectivity index (χ2v) is 17.0. The minimum Gasteiger partial charge on any atom is -0.437 e. The lowest BCUT2D eigenvalue weighted by Crippen LogP contribution is -2.32. The van der Waals surface area contributed by atoms with Crippen LogP contribution in [0.4, 0.5) is 34.3 Å². The molecule has 0 bridgehead atoms. The Balaban J connectivity index is 1.39. The highest BCUT2D eigenvalue weighted by Gasteiger charge is 2.34. The lowest BCUT2D eigenvalue weighted by molar-refractivity contribution is 0.482. The molecule has 1 aliphatic heterocycles. The van der Waals surface area contributed by atoms with E-state index in [1.54, 1.807) is 0 Å². The molecule has 0 amide bonds. The minimum atomic E-state index is -0.0535. The Morgan fingerprint density at radius 1 is 0.611 bits per heavy atom. The molecule has 1 radical (unpaired) electrons. The normalized spacial score (nSPS) is 14.7. The zero-order chi connectivity index (χ0) is 37.4. The highest BCUT2D eigenvalue weighted by molar-refractivity contribution is 6.71. The zero-order valence-electron chi connectivity index (χ0n) is 32.4. The van der Waals surface area contributed by atoms with E-state index in [-0.39, 0.29) is 10.8 Å². The fourth-order valence-electron chi connectivity index (χ4n) is 8.27. The summed E-state index contributed by atoms with van der Waals surface area (Å²) in [4.78, 5) is 4.80. The first kappa shape index (κ1) is 34.1. The lowest BCUT2D eigenvalue weighted by atomic mass is 9.62. The first-order chi connectivity index (χ1) is 26.0. The molecule has 9 rings (SSSR count). The molecule has 54 heavy (non-hydrogen) atoms. The highest BCUT2D eigenvalue weighted by Crippen LogP contribution is 2.52. The summed E-state index contributed by atoms with van der Waals surface area (Å²) in [5.74, 6) is 0.782. The molecule has 7 aromatic rings. The number of aromatic nitrogens is 1. The van der Waals surface area contributed by atoms with Gasteiger partial charge in [0.25, 0.3) is 0 Å². The van der Waals surface area contributed by atoms with Crippen LogP contribution in [0.15, 0.2) is 144 Å². The van der Waals surface area contributed by atoms with Crippen LogP contribution in [0.3, 0.4) is 0 Å². The van der Waals surface area contributed by atoms with Crippen LogP contribution < -0.4 is 20.7 Å². The van der Waals surface area contributed by atoms with Crippen LogP contribution in [0.25, 0.3) is 27.4 Å². The predicted octanol–water partition coefficient (Wildman–Crippen LogP) is 12.3. The van der Waals surface area contributed by atoms with Gasteiger partial charge in [-0.15, -0.1) is 0 Å². The van der Waals surface area contributed by atoms with Crippen molar-refractivity contribution in [2.24, 2.45) is 12.5 Å². The number of anilines is 6. The number of aryl methyl sites for hydroxylation is 1. The maximum absolute atomic E-state index is 7.23. The summed E-state index contributed by atoms with van der Waals surface area (Å²) < 4.78 is 9.43. The van der Waals surface area contributed by atoms with Crippen LogP contribution in [0.5, 0.6) is 0 Å². The number of hydrogen-bond donors (Lipinski definition) is 0. The third-order valence-electron chi connectivity index (χ3n) is 11.3. The third kappa shape index (κ3) is 5.78. The van der Waals surface area contributed by atoms with Gasteiger partial charge in [0.05, 0.1) is 5.69 Å². The van der Waals surface area contributed by atoms with Crippen molar-refractivity contribution in [1.29, 1.82) is 0 Å². The number of benzene rings is 5. The Hall–Kier alpha value is -5.68. The topological polar surface area (TPSA) is 24.6 Å². The number of fused-ring (bicyclic) bond motifs is 7. The number of nitrogens with zero attached hydrogens (tertiary/aromatic N) is 3. The summed E-state index contributed by atoms with van der Waals surface area (Å²) in [6, 6.07) is 42.1. The molecular formula is C49H47BN3O. The van der Waals surface area contributed by atoms with Crippen molar-refractivity contribution in [1.82, 2.24) is 4.57 Å². The monoisotopic (exact) mass is 704 g/mol. The molecule has 0 spiro atoms. The van der Waals surface area contributed by atoms with Crippen LogP contribution in [-0.4, -0.2) is 11.8 Å². The summed E-state index contributed by atoms with van der Waals surface area (Å²) in [5, 5.41) is 2.24. The molecule has 2 aromatic heterocycles. The molecule has 5 aromatic carbocycles. The molecule has 4 nitrogen and oxygen atoms in total. The zero-order valence-corrected chi connectivity index (χ0v) is 32.4. The largest absolute Gasteiger partial charge is 0.437 e. The summed E-state index contributed by atoms with van der Waals surface area (Å²) in [6.45, 7) is 13.8. The Morgan fingerprint density at radius 3 is 2.15 bits per heavy atom. The smallest absolute Gasteiger partial charge is 0.230 e. The predicted molar refractivity (Wildman–Crippen MR) is 231 cm³/mol.